The van der Waals surface area contributed by atoms with E-state index in [0.717, 1.165) is 0 Å². The quantitative estimate of drug-likeness (QED) is 0.519. The van der Waals surface area contributed by atoms with Crippen molar-refractivity contribution in [2.75, 3.05) is 11.8 Å². The lowest BCUT2D eigenvalue weighted by atomic mass is 9.88. The Bertz CT molecular complexity index is 1280. The van der Waals surface area contributed by atoms with E-state index in [9.17, 15) is 17.6 Å². The van der Waals surface area contributed by atoms with Crippen LogP contribution in [-0.2, 0) is 17.1 Å². The smallest absolute Gasteiger partial charge is 0.271 e. The third kappa shape index (κ3) is 5.39. The van der Waals surface area contributed by atoms with Gasteiger partial charge in [-0.05, 0) is 60.9 Å². The molecular weight excluding hydrogens is 459 g/mol. The summed E-state index contributed by atoms with van der Waals surface area (Å²) in [6.07, 6.45) is 0. The first-order valence-corrected chi connectivity index (χ1v) is 12.1. The van der Waals surface area contributed by atoms with Crippen molar-refractivity contribution in [3.8, 4) is 17.0 Å². The highest BCUT2D eigenvalue weighted by molar-refractivity contribution is 7.92. The molecule has 1 atom stereocenters. The Hall–Kier alpha value is -3.40. The molecule has 2 aromatic carbocycles. The van der Waals surface area contributed by atoms with Crippen LogP contribution in [0.4, 0.5) is 10.1 Å². The molecule has 0 aliphatic rings. The lowest BCUT2D eigenvalue weighted by Crippen LogP contribution is -2.42. The molecule has 0 saturated carbocycles. The van der Waals surface area contributed by atoms with Crippen molar-refractivity contribution in [1.29, 1.82) is 0 Å². The molecule has 0 radical (unpaired) electrons. The maximum Gasteiger partial charge on any atom is 0.271 e. The molecule has 0 saturated heterocycles. The van der Waals surface area contributed by atoms with Crippen LogP contribution in [0.1, 0.15) is 38.2 Å². The zero-order valence-corrected chi connectivity index (χ0v) is 20.8. The number of amides is 1. The second-order valence-corrected chi connectivity index (χ2v) is 10.7. The van der Waals surface area contributed by atoms with Crippen LogP contribution in [0, 0.1) is 11.2 Å². The van der Waals surface area contributed by atoms with Gasteiger partial charge in [0.1, 0.15) is 22.9 Å². The molecule has 3 aromatic rings. The minimum absolute atomic E-state index is 0.00327. The van der Waals surface area contributed by atoms with E-state index in [4.69, 9.17) is 4.74 Å². The molecule has 8 nitrogen and oxygen atoms in total. The van der Waals surface area contributed by atoms with E-state index in [1.165, 1.54) is 60.3 Å². The minimum atomic E-state index is -4.09. The maximum atomic E-state index is 13.5. The number of halogens is 1. The summed E-state index contributed by atoms with van der Waals surface area (Å²) < 4.78 is 48.9. The number of hydrogen-bond acceptors (Lipinski definition) is 5. The van der Waals surface area contributed by atoms with Crippen molar-refractivity contribution in [2.45, 2.75) is 38.6 Å². The van der Waals surface area contributed by atoms with Crippen LogP contribution < -0.4 is 14.8 Å². The standard InChI is InChI=1S/C24H29FN4O4S/c1-15(24(2,3)4)26-23(30)22-21(20(27-29(22)5)16-7-9-17(25)10-8-16)28-34(31,32)19-13-11-18(33-6)12-14-19/h7-15,28H,1-6H3,(H,26,30)/t15-/m0/s1. The fourth-order valence-electron chi connectivity index (χ4n) is 3.12. The average molecular weight is 489 g/mol. The van der Waals surface area contributed by atoms with Gasteiger partial charge in [-0.25, -0.2) is 12.8 Å². The van der Waals surface area contributed by atoms with Crippen LogP contribution in [0.3, 0.4) is 0 Å². The fourth-order valence-corrected chi connectivity index (χ4v) is 4.19. The van der Waals surface area contributed by atoms with E-state index in [1.54, 1.807) is 7.05 Å². The fraction of sp³-hybridized carbons (Fsp3) is 0.333. The molecule has 0 spiro atoms. The van der Waals surface area contributed by atoms with E-state index >= 15 is 0 Å². The first-order chi connectivity index (χ1) is 15.8. The molecule has 10 heteroatoms. The van der Waals surface area contributed by atoms with Gasteiger partial charge in [-0.15, -0.1) is 0 Å². The second kappa shape index (κ2) is 9.46. The average Bonchev–Trinajstić information content (AvgIpc) is 3.08. The molecule has 0 aliphatic heterocycles. The predicted octanol–water partition coefficient (Wildman–Crippen LogP) is 4.20. The van der Waals surface area contributed by atoms with Crippen LogP contribution in [0.15, 0.2) is 53.4 Å². The van der Waals surface area contributed by atoms with Crippen LogP contribution in [0.5, 0.6) is 5.75 Å². The van der Waals surface area contributed by atoms with Crippen molar-refractivity contribution in [3.63, 3.8) is 0 Å². The molecule has 1 amide bonds. The highest BCUT2D eigenvalue weighted by Crippen LogP contribution is 2.33. The minimum Gasteiger partial charge on any atom is -0.497 e. The van der Waals surface area contributed by atoms with E-state index < -0.39 is 21.7 Å². The number of aromatic nitrogens is 2. The molecule has 0 bridgehead atoms. The molecule has 2 N–H and O–H groups in total. The van der Waals surface area contributed by atoms with Crippen molar-refractivity contribution < 1.29 is 22.3 Å². The van der Waals surface area contributed by atoms with E-state index in [0.29, 0.717) is 11.3 Å². The van der Waals surface area contributed by atoms with Gasteiger partial charge < -0.3 is 10.1 Å². The van der Waals surface area contributed by atoms with Crippen LogP contribution >= 0.6 is 0 Å². The predicted molar refractivity (Wildman–Crippen MR) is 129 cm³/mol. The number of nitrogens with zero attached hydrogens (tertiary/aromatic N) is 2. The van der Waals surface area contributed by atoms with E-state index in [1.807, 2.05) is 27.7 Å². The number of rotatable bonds is 7. The van der Waals surface area contributed by atoms with Crippen molar-refractivity contribution in [2.24, 2.45) is 12.5 Å². The summed E-state index contributed by atoms with van der Waals surface area (Å²) in [5, 5.41) is 7.31. The van der Waals surface area contributed by atoms with Gasteiger partial charge in [0, 0.05) is 18.7 Å². The zero-order chi connectivity index (χ0) is 25.3. The normalized spacial score (nSPS) is 12.8. The highest BCUT2D eigenvalue weighted by Gasteiger charge is 2.30. The number of aryl methyl sites for hydroxylation is 1. The molecule has 0 aliphatic carbocycles. The van der Waals surface area contributed by atoms with Gasteiger partial charge in [0.05, 0.1) is 12.0 Å². The summed E-state index contributed by atoms with van der Waals surface area (Å²) in [7, 11) is -1.06. The van der Waals surface area contributed by atoms with E-state index in [-0.39, 0.29) is 33.4 Å². The number of anilines is 1. The van der Waals surface area contributed by atoms with Gasteiger partial charge in [-0.3, -0.25) is 14.2 Å². The Morgan fingerprint density at radius 2 is 1.68 bits per heavy atom. The number of methoxy groups -OCH3 is 1. The van der Waals surface area contributed by atoms with Crippen LogP contribution in [0.25, 0.3) is 11.3 Å². The number of hydrogen-bond donors (Lipinski definition) is 2. The highest BCUT2D eigenvalue weighted by atomic mass is 32.2. The molecule has 0 unspecified atom stereocenters. The van der Waals surface area contributed by atoms with Gasteiger partial charge in [0.2, 0.25) is 0 Å². The van der Waals surface area contributed by atoms with Crippen molar-refractivity contribution in [1.82, 2.24) is 15.1 Å². The van der Waals surface area contributed by atoms with Crippen molar-refractivity contribution >= 4 is 21.6 Å². The Morgan fingerprint density at radius 3 is 2.21 bits per heavy atom. The number of nitrogens with one attached hydrogen (secondary N) is 2. The SMILES string of the molecule is COc1ccc(S(=O)(=O)Nc2c(-c3ccc(F)cc3)nn(C)c2C(=O)N[C@@H](C)C(C)(C)C)cc1. The lowest BCUT2D eigenvalue weighted by molar-refractivity contribution is 0.0901. The Kier molecular flexibility index (Phi) is 7.02. The summed E-state index contributed by atoms with van der Waals surface area (Å²) in [4.78, 5) is 13.2. The Balaban J connectivity index is 2.11. The zero-order valence-electron chi connectivity index (χ0n) is 20.0. The molecule has 0 fully saturated rings. The van der Waals surface area contributed by atoms with Crippen LogP contribution in [-0.4, -0.2) is 37.3 Å². The lowest BCUT2D eigenvalue weighted by Gasteiger charge is -2.28. The molecule has 34 heavy (non-hydrogen) atoms. The number of carbonyl (C=O) groups excluding carboxylic acids is 1. The third-order valence-electron chi connectivity index (χ3n) is 5.63. The Morgan fingerprint density at radius 1 is 1.09 bits per heavy atom. The summed E-state index contributed by atoms with van der Waals surface area (Å²) >= 11 is 0. The number of sulfonamides is 1. The maximum absolute atomic E-state index is 13.5. The number of ether oxygens (including phenoxy) is 1. The molecule has 182 valence electrons. The molecule has 1 aromatic heterocycles. The summed E-state index contributed by atoms with van der Waals surface area (Å²) in [6, 6.07) is 11.1. The van der Waals surface area contributed by atoms with Gasteiger partial charge in [0.15, 0.2) is 5.69 Å². The molecule has 3 rings (SSSR count). The van der Waals surface area contributed by atoms with Gasteiger partial charge >= 0.3 is 0 Å². The largest absolute Gasteiger partial charge is 0.497 e. The number of carbonyl (C=O) groups is 1. The van der Waals surface area contributed by atoms with Crippen molar-refractivity contribution in [3.05, 3.63) is 60.0 Å². The van der Waals surface area contributed by atoms with Crippen LogP contribution in [0.2, 0.25) is 0 Å². The van der Waals surface area contributed by atoms with Gasteiger partial charge in [-0.1, -0.05) is 20.8 Å². The molecular formula is C24H29FN4O4S. The third-order valence-corrected chi connectivity index (χ3v) is 7.00. The summed E-state index contributed by atoms with van der Waals surface area (Å²) in [6.45, 7) is 7.83. The number of benzene rings is 2. The van der Waals surface area contributed by atoms with E-state index in [2.05, 4.69) is 15.1 Å². The first-order valence-electron chi connectivity index (χ1n) is 10.6. The molecule has 1 heterocycles. The monoisotopic (exact) mass is 488 g/mol. The first kappa shape index (κ1) is 25.2. The van der Waals surface area contributed by atoms with Gasteiger partial charge in [-0.2, -0.15) is 5.10 Å². The Labute approximate surface area is 199 Å². The summed E-state index contributed by atoms with van der Waals surface area (Å²) in [5.41, 5.74) is 0.466. The topological polar surface area (TPSA) is 102 Å². The second-order valence-electron chi connectivity index (χ2n) is 9.04. The van der Waals surface area contributed by atoms with Gasteiger partial charge in [0.25, 0.3) is 15.9 Å². The summed E-state index contributed by atoms with van der Waals surface area (Å²) in [5.74, 6) is -0.432.